The highest BCUT2D eigenvalue weighted by Crippen LogP contribution is 2.12. The molecule has 0 aromatic heterocycles. The lowest BCUT2D eigenvalue weighted by atomic mass is 10.1. The second kappa shape index (κ2) is 6.45. The minimum absolute atomic E-state index is 0.0315. The highest BCUT2D eigenvalue weighted by molar-refractivity contribution is 5.96. The molecule has 2 nitrogen and oxygen atoms in total. The average molecular weight is 241 g/mol. The average Bonchev–Trinajstić information content (AvgIpc) is 2.23. The number of hydrogen-bond acceptors (Lipinski definition) is 2. The van der Waals surface area contributed by atoms with Crippen molar-refractivity contribution in [2.24, 2.45) is 0 Å². The van der Waals surface area contributed by atoms with Crippen LogP contribution in [0, 0.1) is 11.6 Å². The van der Waals surface area contributed by atoms with Crippen LogP contribution >= 0.6 is 0 Å². The first-order chi connectivity index (χ1) is 8.00. The number of ketones is 1. The van der Waals surface area contributed by atoms with Gasteiger partial charge in [-0.05, 0) is 25.1 Å². The Kier molecular flexibility index (Phi) is 5.22. The first-order valence-corrected chi connectivity index (χ1v) is 5.72. The van der Waals surface area contributed by atoms with Gasteiger partial charge in [-0.25, -0.2) is 8.78 Å². The van der Waals surface area contributed by atoms with E-state index in [9.17, 15) is 13.6 Å². The Morgan fingerprint density at radius 1 is 1.35 bits per heavy atom. The second-order valence-electron chi connectivity index (χ2n) is 4.26. The van der Waals surface area contributed by atoms with Crippen LogP contribution in [0.5, 0.6) is 0 Å². The number of carbonyl (C=O) groups excluding carboxylic acids is 1. The summed E-state index contributed by atoms with van der Waals surface area (Å²) >= 11 is 0. The third kappa shape index (κ3) is 4.61. The van der Waals surface area contributed by atoms with Crippen molar-refractivity contribution < 1.29 is 13.6 Å². The Hall–Kier alpha value is -1.29. The fourth-order valence-electron chi connectivity index (χ4n) is 1.49. The first kappa shape index (κ1) is 13.8. The lowest BCUT2D eigenvalue weighted by molar-refractivity contribution is 0.0976. The van der Waals surface area contributed by atoms with E-state index in [-0.39, 0.29) is 17.8 Å². The van der Waals surface area contributed by atoms with E-state index in [1.165, 1.54) is 6.07 Å². The van der Waals surface area contributed by atoms with Gasteiger partial charge in [-0.2, -0.15) is 0 Å². The molecule has 0 aliphatic heterocycles. The molecular weight excluding hydrogens is 224 g/mol. The summed E-state index contributed by atoms with van der Waals surface area (Å²) in [7, 11) is 0. The van der Waals surface area contributed by atoms with Crippen LogP contribution in [-0.2, 0) is 0 Å². The van der Waals surface area contributed by atoms with Crippen molar-refractivity contribution in [3.05, 3.63) is 35.4 Å². The molecule has 0 radical (unpaired) electrons. The van der Waals surface area contributed by atoms with Crippen LogP contribution in [0.15, 0.2) is 18.2 Å². The molecule has 0 spiro atoms. The van der Waals surface area contributed by atoms with E-state index in [1.54, 1.807) is 0 Å². The predicted octanol–water partition coefficient (Wildman–Crippen LogP) is 2.93. The standard InChI is InChI=1S/C13H17F2NO/c1-9(2)16-7-3-4-13(17)11-6-5-10(14)8-12(11)15/h5-6,8-9,16H,3-4,7H2,1-2H3. The van der Waals surface area contributed by atoms with E-state index in [0.717, 1.165) is 12.1 Å². The van der Waals surface area contributed by atoms with Gasteiger partial charge in [0, 0.05) is 18.5 Å². The zero-order valence-corrected chi connectivity index (χ0v) is 10.1. The zero-order valence-electron chi connectivity index (χ0n) is 10.1. The van der Waals surface area contributed by atoms with Crippen LogP contribution in [-0.4, -0.2) is 18.4 Å². The number of nitrogens with one attached hydrogen (secondary N) is 1. The van der Waals surface area contributed by atoms with Gasteiger partial charge in [0.05, 0.1) is 5.56 Å². The minimum atomic E-state index is -0.785. The molecule has 17 heavy (non-hydrogen) atoms. The molecule has 0 unspecified atom stereocenters. The number of Topliss-reactive ketones (excluding diaryl/α,β-unsaturated/α-hetero) is 1. The highest BCUT2D eigenvalue weighted by atomic mass is 19.1. The monoisotopic (exact) mass is 241 g/mol. The number of carbonyl (C=O) groups is 1. The minimum Gasteiger partial charge on any atom is -0.315 e. The zero-order chi connectivity index (χ0) is 12.8. The Labute approximate surface area is 100 Å². The Morgan fingerprint density at radius 2 is 2.06 bits per heavy atom. The summed E-state index contributed by atoms with van der Waals surface area (Å²) in [5.41, 5.74) is -0.0315. The van der Waals surface area contributed by atoms with Crippen LogP contribution in [0.2, 0.25) is 0 Å². The quantitative estimate of drug-likeness (QED) is 0.613. The molecule has 0 saturated heterocycles. The SMILES string of the molecule is CC(C)NCCCC(=O)c1ccc(F)cc1F. The number of benzene rings is 1. The van der Waals surface area contributed by atoms with Gasteiger partial charge in [-0.3, -0.25) is 4.79 Å². The molecule has 1 aromatic carbocycles. The molecule has 0 atom stereocenters. The van der Waals surface area contributed by atoms with E-state index in [4.69, 9.17) is 0 Å². The topological polar surface area (TPSA) is 29.1 Å². The summed E-state index contributed by atoms with van der Waals surface area (Å²) in [5.74, 6) is -1.74. The molecule has 94 valence electrons. The molecule has 0 aliphatic carbocycles. The van der Waals surface area contributed by atoms with E-state index < -0.39 is 11.6 Å². The predicted molar refractivity (Wildman–Crippen MR) is 63.1 cm³/mol. The van der Waals surface area contributed by atoms with Crippen molar-refractivity contribution in [1.82, 2.24) is 5.32 Å². The Balaban J connectivity index is 2.47. The third-order valence-electron chi connectivity index (χ3n) is 2.36. The molecule has 0 amide bonds. The summed E-state index contributed by atoms with van der Waals surface area (Å²) in [6, 6.07) is 3.40. The molecule has 1 rings (SSSR count). The van der Waals surface area contributed by atoms with Gasteiger partial charge in [0.15, 0.2) is 5.78 Å². The van der Waals surface area contributed by atoms with Gasteiger partial charge < -0.3 is 5.32 Å². The van der Waals surface area contributed by atoms with Crippen LogP contribution in [0.25, 0.3) is 0 Å². The molecule has 0 bridgehead atoms. The van der Waals surface area contributed by atoms with E-state index in [0.29, 0.717) is 19.0 Å². The van der Waals surface area contributed by atoms with Crippen molar-refractivity contribution in [2.45, 2.75) is 32.7 Å². The summed E-state index contributed by atoms with van der Waals surface area (Å²) < 4.78 is 25.9. The molecule has 0 fully saturated rings. The number of rotatable bonds is 6. The maximum atomic E-state index is 13.3. The lowest BCUT2D eigenvalue weighted by Gasteiger charge is -2.07. The fourth-order valence-corrected chi connectivity index (χ4v) is 1.49. The number of halogens is 2. The van der Waals surface area contributed by atoms with E-state index in [2.05, 4.69) is 5.32 Å². The third-order valence-corrected chi connectivity index (χ3v) is 2.36. The Bertz CT molecular complexity index is 391. The fraction of sp³-hybridized carbons (Fsp3) is 0.462. The smallest absolute Gasteiger partial charge is 0.165 e. The van der Waals surface area contributed by atoms with E-state index >= 15 is 0 Å². The second-order valence-corrected chi connectivity index (χ2v) is 4.26. The molecule has 0 heterocycles. The highest BCUT2D eigenvalue weighted by Gasteiger charge is 2.11. The van der Waals surface area contributed by atoms with Crippen molar-refractivity contribution in [3.8, 4) is 0 Å². The van der Waals surface area contributed by atoms with Crippen LogP contribution in [0.1, 0.15) is 37.0 Å². The first-order valence-electron chi connectivity index (χ1n) is 5.72. The van der Waals surface area contributed by atoms with Crippen LogP contribution in [0.4, 0.5) is 8.78 Å². The summed E-state index contributed by atoms with van der Waals surface area (Å²) in [4.78, 5) is 11.6. The van der Waals surface area contributed by atoms with E-state index in [1.807, 2.05) is 13.8 Å². The number of hydrogen-bond donors (Lipinski definition) is 1. The molecule has 1 aromatic rings. The van der Waals surface area contributed by atoms with Gasteiger partial charge in [0.2, 0.25) is 0 Å². The summed E-state index contributed by atoms with van der Waals surface area (Å²) in [6.07, 6.45) is 0.913. The summed E-state index contributed by atoms with van der Waals surface area (Å²) in [6.45, 7) is 4.75. The van der Waals surface area contributed by atoms with Crippen molar-refractivity contribution >= 4 is 5.78 Å². The molecule has 0 saturated carbocycles. The summed E-state index contributed by atoms with van der Waals surface area (Å²) in [5, 5.41) is 3.17. The molecule has 1 N–H and O–H groups in total. The Morgan fingerprint density at radius 3 is 2.65 bits per heavy atom. The maximum absolute atomic E-state index is 13.3. The van der Waals surface area contributed by atoms with Gasteiger partial charge >= 0.3 is 0 Å². The van der Waals surface area contributed by atoms with Gasteiger partial charge in [0.25, 0.3) is 0 Å². The largest absolute Gasteiger partial charge is 0.315 e. The normalized spacial score (nSPS) is 10.9. The molecular formula is C13H17F2NO. The van der Waals surface area contributed by atoms with Crippen LogP contribution < -0.4 is 5.32 Å². The van der Waals surface area contributed by atoms with Crippen molar-refractivity contribution in [1.29, 1.82) is 0 Å². The van der Waals surface area contributed by atoms with Gasteiger partial charge in [0.1, 0.15) is 11.6 Å². The molecule has 0 aliphatic rings. The van der Waals surface area contributed by atoms with Crippen molar-refractivity contribution in [3.63, 3.8) is 0 Å². The van der Waals surface area contributed by atoms with Crippen LogP contribution in [0.3, 0.4) is 0 Å². The van der Waals surface area contributed by atoms with Gasteiger partial charge in [-0.1, -0.05) is 13.8 Å². The lowest BCUT2D eigenvalue weighted by Crippen LogP contribution is -2.24. The molecule has 4 heteroatoms. The maximum Gasteiger partial charge on any atom is 0.165 e. The van der Waals surface area contributed by atoms with Crippen molar-refractivity contribution in [2.75, 3.05) is 6.54 Å². The van der Waals surface area contributed by atoms with Gasteiger partial charge in [-0.15, -0.1) is 0 Å².